The number of rotatable bonds is 4. The van der Waals surface area contributed by atoms with Crippen LogP contribution in [0.2, 0.25) is 0 Å². The van der Waals surface area contributed by atoms with Crippen molar-refractivity contribution in [3.63, 3.8) is 0 Å². The summed E-state index contributed by atoms with van der Waals surface area (Å²) in [5.41, 5.74) is 1.26. The van der Waals surface area contributed by atoms with E-state index in [1.807, 2.05) is 12.3 Å². The highest BCUT2D eigenvalue weighted by Crippen LogP contribution is 2.11. The van der Waals surface area contributed by atoms with Crippen LogP contribution in [-0.2, 0) is 11.3 Å². The molecule has 0 aliphatic carbocycles. The molecule has 0 amide bonds. The van der Waals surface area contributed by atoms with E-state index in [4.69, 9.17) is 4.74 Å². The Labute approximate surface area is 78.3 Å². The van der Waals surface area contributed by atoms with Crippen LogP contribution in [0.5, 0.6) is 0 Å². The lowest BCUT2D eigenvalue weighted by atomic mass is 10.2. The van der Waals surface area contributed by atoms with Crippen molar-refractivity contribution >= 4 is 0 Å². The highest BCUT2D eigenvalue weighted by molar-refractivity contribution is 5.07. The summed E-state index contributed by atoms with van der Waals surface area (Å²) >= 11 is 0. The zero-order valence-corrected chi connectivity index (χ0v) is 7.81. The quantitative estimate of drug-likeness (QED) is 0.642. The van der Waals surface area contributed by atoms with Crippen LogP contribution >= 0.6 is 0 Å². The van der Waals surface area contributed by atoms with Crippen molar-refractivity contribution < 1.29 is 4.74 Å². The van der Waals surface area contributed by atoms with E-state index in [0.29, 0.717) is 6.10 Å². The average Bonchev–Trinajstić information content (AvgIpc) is 2.90. The van der Waals surface area contributed by atoms with Crippen molar-refractivity contribution in [1.29, 1.82) is 0 Å². The van der Waals surface area contributed by atoms with Gasteiger partial charge >= 0.3 is 0 Å². The van der Waals surface area contributed by atoms with E-state index in [0.717, 1.165) is 19.7 Å². The van der Waals surface area contributed by atoms with E-state index in [9.17, 15) is 0 Å². The molecular weight excluding hydrogens is 164 g/mol. The van der Waals surface area contributed by atoms with Gasteiger partial charge in [-0.15, -0.1) is 0 Å². The predicted molar refractivity (Wildman–Crippen MR) is 50.3 cm³/mol. The van der Waals surface area contributed by atoms with E-state index < -0.39 is 0 Å². The molecule has 1 atom stereocenters. The minimum Gasteiger partial charge on any atom is -0.372 e. The summed E-state index contributed by atoms with van der Waals surface area (Å²) in [4.78, 5) is 6.33. The van der Waals surface area contributed by atoms with Gasteiger partial charge in [-0.2, -0.15) is 0 Å². The van der Waals surface area contributed by atoms with Gasteiger partial charge in [-0.3, -0.25) is 9.88 Å². The first-order valence-corrected chi connectivity index (χ1v) is 4.53. The van der Waals surface area contributed by atoms with E-state index >= 15 is 0 Å². The molecule has 0 aromatic carbocycles. The fraction of sp³-hybridized carbons (Fsp3) is 0.500. The fourth-order valence-corrected chi connectivity index (χ4v) is 1.39. The standard InChI is InChI=1S/C10H14N2O/c1-12(7-10-8-13-10)6-9-3-2-4-11-5-9/h2-5,10H,6-8H2,1H3. The summed E-state index contributed by atoms with van der Waals surface area (Å²) in [6.45, 7) is 2.90. The second-order valence-corrected chi connectivity index (χ2v) is 3.51. The second kappa shape index (κ2) is 3.85. The van der Waals surface area contributed by atoms with E-state index in [1.165, 1.54) is 5.56 Å². The Bertz CT molecular complexity index is 259. The third-order valence-electron chi connectivity index (χ3n) is 2.09. The normalized spacial score (nSPS) is 20.6. The first-order valence-electron chi connectivity index (χ1n) is 4.53. The molecule has 0 bridgehead atoms. The van der Waals surface area contributed by atoms with Crippen LogP contribution in [0.15, 0.2) is 24.5 Å². The second-order valence-electron chi connectivity index (χ2n) is 3.51. The molecule has 1 aliphatic rings. The number of likely N-dealkylation sites (N-methyl/N-ethyl adjacent to an activating group) is 1. The molecule has 2 heterocycles. The minimum atomic E-state index is 0.474. The van der Waals surface area contributed by atoms with Gasteiger partial charge in [0.15, 0.2) is 0 Å². The first-order chi connectivity index (χ1) is 6.34. The highest BCUT2D eigenvalue weighted by Gasteiger charge is 2.23. The molecule has 1 saturated heterocycles. The Morgan fingerprint density at radius 1 is 1.69 bits per heavy atom. The van der Waals surface area contributed by atoms with Crippen LogP contribution in [0.1, 0.15) is 5.56 Å². The summed E-state index contributed by atoms with van der Waals surface area (Å²) in [6.07, 6.45) is 4.18. The van der Waals surface area contributed by atoms with Crippen LogP contribution in [-0.4, -0.2) is 36.2 Å². The molecule has 3 heteroatoms. The first kappa shape index (κ1) is 8.66. The van der Waals surface area contributed by atoms with Crippen LogP contribution in [0, 0.1) is 0 Å². The van der Waals surface area contributed by atoms with Crippen molar-refractivity contribution in [2.75, 3.05) is 20.2 Å². The summed E-state index contributed by atoms with van der Waals surface area (Å²) < 4.78 is 5.16. The Balaban J connectivity index is 1.82. The topological polar surface area (TPSA) is 28.7 Å². The number of hydrogen-bond donors (Lipinski definition) is 0. The minimum absolute atomic E-state index is 0.474. The molecule has 0 N–H and O–H groups in total. The van der Waals surface area contributed by atoms with Crippen molar-refractivity contribution in [1.82, 2.24) is 9.88 Å². The largest absolute Gasteiger partial charge is 0.372 e. The lowest BCUT2D eigenvalue weighted by Crippen LogP contribution is -2.22. The molecule has 1 fully saturated rings. The summed E-state index contributed by atoms with van der Waals surface area (Å²) in [5, 5.41) is 0. The third-order valence-corrected chi connectivity index (χ3v) is 2.09. The maximum absolute atomic E-state index is 5.16. The number of aromatic nitrogens is 1. The monoisotopic (exact) mass is 178 g/mol. The van der Waals surface area contributed by atoms with Crippen LogP contribution in [0.3, 0.4) is 0 Å². The van der Waals surface area contributed by atoms with Crippen molar-refractivity contribution in [2.24, 2.45) is 0 Å². The van der Waals surface area contributed by atoms with E-state index in [1.54, 1.807) is 6.20 Å². The Kier molecular flexibility index (Phi) is 2.57. The van der Waals surface area contributed by atoms with Gasteiger partial charge in [0, 0.05) is 25.5 Å². The lowest BCUT2D eigenvalue weighted by molar-refractivity contribution is 0.278. The van der Waals surface area contributed by atoms with Gasteiger partial charge in [-0.05, 0) is 18.7 Å². The SMILES string of the molecule is CN(Cc1cccnc1)CC1CO1. The van der Waals surface area contributed by atoms with Crippen LogP contribution in [0.25, 0.3) is 0 Å². The zero-order valence-electron chi connectivity index (χ0n) is 7.81. The van der Waals surface area contributed by atoms with Crippen molar-refractivity contribution in [3.05, 3.63) is 30.1 Å². The summed E-state index contributed by atoms with van der Waals surface area (Å²) in [7, 11) is 2.11. The molecular formula is C10H14N2O. The van der Waals surface area contributed by atoms with Gasteiger partial charge in [0.1, 0.15) is 0 Å². The molecule has 1 aromatic heterocycles. The predicted octanol–water partition coefficient (Wildman–Crippen LogP) is 0.912. The zero-order chi connectivity index (χ0) is 9.10. The molecule has 3 nitrogen and oxygen atoms in total. The van der Waals surface area contributed by atoms with Crippen LogP contribution in [0.4, 0.5) is 0 Å². The third kappa shape index (κ3) is 2.79. The molecule has 0 radical (unpaired) electrons. The van der Waals surface area contributed by atoms with Gasteiger partial charge in [0.25, 0.3) is 0 Å². The molecule has 0 spiro atoms. The number of ether oxygens (including phenoxy) is 1. The molecule has 70 valence electrons. The van der Waals surface area contributed by atoms with Gasteiger partial charge in [0.05, 0.1) is 12.7 Å². The van der Waals surface area contributed by atoms with Gasteiger partial charge in [0.2, 0.25) is 0 Å². The molecule has 0 saturated carbocycles. The van der Waals surface area contributed by atoms with Crippen molar-refractivity contribution in [3.8, 4) is 0 Å². The molecule has 1 aromatic rings. The lowest BCUT2D eigenvalue weighted by Gasteiger charge is -2.14. The molecule has 1 unspecified atom stereocenters. The van der Waals surface area contributed by atoms with Crippen LogP contribution < -0.4 is 0 Å². The van der Waals surface area contributed by atoms with Gasteiger partial charge in [-0.1, -0.05) is 6.07 Å². The number of nitrogens with zero attached hydrogens (tertiary/aromatic N) is 2. The number of hydrogen-bond acceptors (Lipinski definition) is 3. The molecule has 1 aliphatic heterocycles. The van der Waals surface area contributed by atoms with Crippen molar-refractivity contribution in [2.45, 2.75) is 12.6 Å². The van der Waals surface area contributed by atoms with Gasteiger partial charge < -0.3 is 4.74 Å². The van der Waals surface area contributed by atoms with Gasteiger partial charge in [-0.25, -0.2) is 0 Å². The summed E-state index contributed by atoms with van der Waals surface area (Å²) in [6, 6.07) is 4.06. The Hall–Kier alpha value is -0.930. The Morgan fingerprint density at radius 3 is 3.15 bits per heavy atom. The van der Waals surface area contributed by atoms with E-state index in [2.05, 4.69) is 23.0 Å². The summed E-state index contributed by atoms with van der Waals surface area (Å²) in [5.74, 6) is 0. The average molecular weight is 178 g/mol. The maximum Gasteiger partial charge on any atom is 0.0936 e. The fourth-order valence-electron chi connectivity index (χ4n) is 1.39. The van der Waals surface area contributed by atoms with E-state index in [-0.39, 0.29) is 0 Å². The maximum atomic E-state index is 5.16. The Morgan fingerprint density at radius 2 is 2.54 bits per heavy atom. The number of epoxide rings is 1. The number of pyridine rings is 1. The highest BCUT2D eigenvalue weighted by atomic mass is 16.6. The molecule has 2 rings (SSSR count). The smallest absolute Gasteiger partial charge is 0.0936 e. The molecule has 13 heavy (non-hydrogen) atoms.